The van der Waals surface area contributed by atoms with Gasteiger partial charge in [-0.3, -0.25) is 4.79 Å². The summed E-state index contributed by atoms with van der Waals surface area (Å²) in [4.78, 5) is 12.1. The predicted molar refractivity (Wildman–Crippen MR) is 95.5 cm³/mol. The van der Waals surface area contributed by atoms with Gasteiger partial charge in [0.1, 0.15) is 0 Å². The summed E-state index contributed by atoms with van der Waals surface area (Å²) in [6.07, 6.45) is 1.59. The Balaban J connectivity index is 1.47. The molecule has 1 heterocycles. The van der Waals surface area contributed by atoms with Gasteiger partial charge in [0.25, 0.3) is 5.91 Å². The Morgan fingerprint density at radius 3 is 2.88 bits per heavy atom. The zero-order chi connectivity index (χ0) is 16.8. The fourth-order valence-corrected chi connectivity index (χ4v) is 2.96. The number of rotatable bonds is 6. The zero-order valence-electron chi connectivity index (χ0n) is 13.3. The first kappa shape index (κ1) is 16.4. The summed E-state index contributed by atoms with van der Waals surface area (Å²) in [6, 6.07) is 15.6. The molecule has 2 aromatic rings. The minimum Gasteiger partial charge on any atom is -0.454 e. The van der Waals surface area contributed by atoms with E-state index in [4.69, 9.17) is 9.47 Å². The van der Waals surface area contributed by atoms with E-state index in [-0.39, 0.29) is 18.0 Å². The molecule has 1 aliphatic rings. The van der Waals surface area contributed by atoms with Gasteiger partial charge in [0.05, 0.1) is 11.5 Å². The molecule has 5 nitrogen and oxygen atoms in total. The average molecular weight is 342 g/mol. The molecule has 0 spiro atoms. The zero-order valence-corrected chi connectivity index (χ0v) is 14.1. The van der Waals surface area contributed by atoms with Crippen molar-refractivity contribution in [1.29, 1.82) is 0 Å². The van der Waals surface area contributed by atoms with Crippen molar-refractivity contribution in [3.8, 4) is 11.5 Å². The second-order valence-electron chi connectivity index (χ2n) is 5.29. The van der Waals surface area contributed by atoms with E-state index in [9.17, 15) is 4.79 Å². The lowest BCUT2D eigenvalue weighted by Gasteiger charge is -2.09. The summed E-state index contributed by atoms with van der Waals surface area (Å²) in [5.74, 6) is 2.09. The summed E-state index contributed by atoms with van der Waals surface area (Å²) >= 11 is 1.58. The van der Waals surface area contributed by atoms with Gasteiger partial charge in [0.2, 0.25) is 6.79 Å². The minimum absolute atomic E-state index is 0.118. The number of benzene rings is 2. The molecule has 3 rings (SSSR count). The third kappa shape index (κ3) is 4.29. The number of carbonyl (C=O) groups excluding carboxylic acids is 1. The standard InChI is InChI=1S/C18H18N2O3S/c1-13(24-11-14-5-3-2-4-6-14)18(21)20-19-10-15-7-8-16-17(9-15)23-12-22-16/h2-10,13H,11-12H2,1H3,(H,20,21). The van der Waals surface area contributed by atoms with Gasteiger partial charge in [0, 0.05) is 5.75 Å². The van der Waals surface area contributed by atoms with Gasteiger partial charge in [-0.15, -0.1) is 11.8 Å². The molecule has 1 N–H and O–H groups in total. The van der Waals surface area contributed by atoms with Crippen molar-refractivity contribution < 1.29 is 14.3 Å². The molecule has 0 saturated heterocycles. The number of ether oxygens (including phenoxy) is 2. The molecule has 124 valence electrons. The summed E-state index contributed by atoms with van der Waals surface area (Å²) < 4.78 is 10.6. The number of carbonyl (C=O) groups is 1. The number of hydrazone groups is 1. The minimum atomic E-state index is -0.181. The molecule has 0 radical (unpaired) electrons. The first-order valence-corrected chi connectivity index (χ1v) is 8.65. The maximum absolute atomic E-state index is 12.1. The quantitative estimate of drug-likeness (QED) is 0.647. The Bertz CT molecular complexity index is 734. The lowest BCUT2D eigenvalue weighted by molar-refractivity contribution is -0.120. The largest absolute Gasteiger partial charge is 0.454 e. The third-order valence-corrected chi connectivity index (χ3v) is 4.71. The smallest absolute Gasteiger partial charge is 0.252 e. The van der Waals surface area contributed by atoms with Gasteiger partial charge in [-0.1, -0.05) is 30.3 Å². The number of hydrogen-bond donors (Lipinski definition) is 1. The van der Waals surface area contributed by atoms with Crippen LogP contribution in [0.25, 0.3) is 0 Å². The van der Waals surface area contributed by atoms with E-state index in [2.05, 4.69) is 22.7 Å². The van der Waals surface area contributed by atoms with E-state index in [1.807, 2.05) is 43.3 Å². The molecule has 2 aromatic carbocycles. The van der Waals surface area contributed by atoms with Crippen LogP contribution in [0, 0.1) is 0 Å². The lowest BCUT2D eigenvalue weighted by atomic mass is 10.2. The highest BCUT2D eigenvalue weighted by molar-refractivity contribution is 7.99. The first-order valence-electron chi connectivity index (χ1n) is 7.60. The van der Waals surface area contributed by atoms with E-state index in [0.717, 1.165) is 17.1 Å². The van der Waals surface area contributed by atoms with Crippen LogP contribution in [0.2, 0.25) is 0 Å². The summed E-state index contributed by atoms with van der Waals surface area (Å²) in [5, 5.41) is 3.83. The van der Waals surface area contributed by atoms with Crippen LogP contribution < -0.4 is 14.9 Å². The molecule has 0 aliphatic carbocycles. The molecule has 0 saturated carbocycles. The van der Waals surface area contributed by atoms with Crippen LogP contribution in [-0.4, -0.2) is 24.2 Å². The highest BCUT2D eigenvalue weighted by Gasteiger charge is 2.14. The lowest BCUT2D eigenvalue weighted by Crippen LogP contribution is -2.26. The predicted octanol–water partition coefficient (Wildman–Crippen LogP) is 3.19. The SMILES string of the molecule is CC(SCc1ccccc1)C(=O)NN=Cc1ccc2c(c1)OCO2. The van der Waals surface area contributed by atoms with Crippen LogP contribution in [0.15, 0.2) is 53.6 Å². The highest BCUT2D eigenvalue weighted by Crippen LogP contribution is 2.31. The second-order valence-corrected chi connectivity index (χ2v) is 6.61. The Kier molecular flexibility index (Phi) is 5.38. The van der Waals surface area contributed by atoms with Gasteiger partial charge in [-0.2, -0.15) is 5.10 Å². The molecule has 0 aromatic heterocycles. The van der Waals surface area contributed by atoms with Crippen molar-refractivity contribution in [2.24, 2.45) is 5.10 Å². The highest BCUT2D eigenvalue weighted by atomic mass is 32.2. The maximum Gasteiger partial charge on any atom is 0.252 e. The number of nitrogens with zero attached hydrogens (tertiary/aromatic N) is 1. The number of nitrogens with one attached hydrogen (secondary N) is 1. The van der Waals surface area contributed by atoms with Crippen molar-refractivity contribution in [3.63, 3.8) is 0 Å². The van der Waals surface area contributed by atoms with Crippen molar-refractivity contribution in [3.05, 3.63) is 59.7 Å². The topological polar surface area (TPSA) is 59.9 Å². The first-order chi connectivity index (χ1) is 11.7. The van der Waals surface area contributed by atoms with Crippen LogP contribution >= 0.6 is 11.8 Å². The van der Waals surface area contributed by atoms with Crippen LogP contribution in [0.1, 0.15) is 18.1 Å². The van der Waals surface area contributed by atoms with Crippen molar-refractivity contribution in [1.82, 2.24) is 5.43 Å². The fourth-order valence-electron chi connectivity index (χ4n) is 2.13. The van der Waals surface area contributed by atoms with Crippen LogP contribution in [0.3, 0.4) is 0 Å². The van der Waals surface area contributed by atoms with Gasteiger partial charge < -0.3 is 9.47 Å². The Morgan fingerprint density at radius 2 is 2.04 bits per heavy atom. The fraction of sp³-hybridized carbons (Fsp3) is 0.222. The van der Waals surface area contributed by atoms with Gasteiger partial charge in [-0.25, -0.2) is 5.43 Å². The van der Waals surface area contributed by atoms with Crippen molar-refractivity contribution in [2.45, 2.75) is 17.9 Å². The molecule has 24 heavy (non-hydrogen) atoms. The van der Waals surface area contributed by atoms with Crippen LogP contribution in [0.4, 0.5) is 0 Å². The average Bonchev–Trinajstić information content (AvgIpc) is 3.08. The molecule has 0 bridgehead atoms. The van der Waals surface area contributed by atoms with Gasteiger partial charge in [-0.05, 0) is 36.2 Å². The van der Waals surface area contributed by atoms with E-state index in [1.54, 1.807) is 18.0 Å². The van der Waals surface area contributed by atoms with Crippen LogP contribution in [-0.2, 0) is 10.5 Å². The van der Waals surface area contributed by atoms with Crippen molar-refractivity contribution in [2.75, 3.05) is 6.79 Å². The Labute approximate surface area is 145 Å². The monoisotopic (exact) mass is 342 g/mol. The number of thioether (sulfide) groups is 1. The molecular formula is C18H18N2O3S. The maximum atomic E-state index is 12.1. The number of amides is 1. The molecule has 6 heteroatoms. The van der Waals surface area contributed by atoms with E-state index in [1.165, 1.54) is 5.56 Å². The summed E-state index contributed by atoms with van der Waals surface area (Å²) in [5.41, 5.74) is 4.61. The van der Waals surface area contributed by atoms with E-state index >= 15 is 0 Å². The van der Waals surface area contributed by atoms with E-state index in [0.29, 0.717) is 5.75 Å². The van der Waals surface area contributed by atoms with Gasteiger partial charge in [0.15, 0.2) is 11.5 Å². The van der Waals surface area contributed by atoms with Crippen LogP contribution in [0.5, 0.6) is 11.5 Å². The Hall–Kier alpha value is -2.47. The summed E-state index contributed by atoms with van der Waals surface area (Å²) in [7, 11) is 0. The molecule has 1 unspecified atom stereocenters. The second kappa shape index (κ2) is 7.88. The number of fused-ring (bicyclic) bond motifs is 1. The molecular weight excluding hydrogens is 324 g/mol. The Morgan fingerprint density at radius 1 is 1.25 bits per heavy atom. The molecule has 0 fully saturated rings. The van der Waals surface area contributed by atoms with Gasteiger partial charge >= 0.3 is 0 Å². The van der Waals surface area contributed by atoms with E-state index < -0.39 is 0 Å². The molecule has 1 atom stereocenters. The van der Waals surface area contributed by atoms with Crippen molar-refractivity contribution >= 4 is 23.9 Å². The normalized spacial score (nSPS) is 13.9. The summed E-state index contributed by atoms with van der Waals surface area (Å²) in [6.45, 7) is 2.11. The third-order valence-electron chi connectivity index (χ3n) is 3.50. The molecule has 1 aliphatic heterocycles. The number of hydrogen-bond acceptors (Lipinski definition) is 5. The molecule has 1 amide bonds.